The molecule has 3 rings (SSSR count). The predicted molar refractivity (Wildman–Crippen MR) is 103 cm³/mol. The Morgan fingerprint density at radius 1 is 1.26 bits per heavy atom. The molecule has 0 aliphatic carbocycles. The Morgan fingerprint density at radius 2 is 2.04 bits per heavy atom. The van der Waals surface area contributed by atoms with Gasteiger partial charge in [-0.05, 0) is 41.6 Å². The summed E-state index contributed by atoms with van der Waals surface area (Å²) in [6, 6.07) is 10.8. The summed E-state index contributed by atoms with van der Waals surface area (Å²) in [6.07, 6.45) is 1.54. The van der Waals surface area contributed by atoms with Crippen molar-refractivity contribution < 1.29 is 19.2 Å². The van der Waals surface area contributed by atoms with E-state index < -0.39 is 16.1 Å². The van der Waals surface area contributed by atoms with Gasteiger partial charge in [0.25, 0.3) is 16.8 Å². The highest BCUT2D eigenvalue weighted by Crippen LogP contribution is 2.35. The summed E-state index contributed by atoms with van der Waals surface area (Å²) in [7, 11) is 1.49. The van der Waals surface area contributed by atoms with Crippen molar-refractivity contribution >= 4 is 46.3 Å². The van der Waals surface area contributed by atoms with Crippen LogP contribution in [0.3, 0.4) is 0 Å². The van der Waals surface area contributed by atoms with E-state index in [1.54, 1.807) is 30.3 Å². The summed E-state index contributed by atoms with van der Waals surface area (Å²) >= 11 is 6.79. The van der Waals surface area contributed by atoms with E-state index in [9.17, 15) is 19.7 Å². The van der Waals surface area contributed by atoms with E-state index >= 15 is 0 Å². The number of benzene rings is 2. The second kappa shape index (κ2) is 7.81. The van der Waals surface area contributed by atoms with Crippen LogP contribution in [0.25, 0.3) is 6.08 Å². The van der Waals surface area contributed by atoms with Gasteiger partial charge in [-0.15, -0.1) is 0 Å². The fourth-order valence-electron chi connectivity index (χ4n) is 2.55. The molecule has 0 bridgehead atoms. The third-order valence-electron chi connectivity index (χ3n) is 3.81. The maximum atomic E-state index is 12.6. The van der Waals surface area contributed by atoms with Gasteiger partial charge in [-0.25, -0.2) is 0 Å². The van der Waals surface area contributed by atoms with Gasteiger partial charge in [0.1, 0.15) is 5.75 Å². The predicted octanol–water partition coefficient (Wildman–Crippen LogP) is 4.49. The Kier molecular flexibility index (Phi) is 5.48. The summed E-state index contributed by atoms with van der Waals surface area (Å²) in [5, 5.41) is 10.9. The number of hydrogen-bond acceptors (Lipinski definition) is 6. The number of halogens is 1. The molecule has 9 heteroatoms. The highest BCUT2D eigenvalue weighted by Gasteiger charge is 2.35. The highest BCUT2D eigenvalue weighted by molar-refractivity contribution is 8.18. The minimum atomic E-state index is -0.525. The molecular formula is C18H13ClN2O5S. The molecule has 0 saturated carbocycles. The number of thioether (sulfide) groups is 1. The average Bonchev–Trinajstić information content (AvgIpc) is 2.89. The first-order valence-electron chi connectivity index (χ1n) is 7.71. The Hall–Kier alpha value is -2.84. The molecule has 2 amide bonds. The number of non-ortho nitro benzene ring substituents is 1. The lowest BCUT2D eigenvalue weighted by atomic mass is 10.1. The van der Waals surface area contributed by atoms with Gasteiger partial charge in [-0.3, -0.25) is 24.6 Å². The van der Waals surface area contributed by atoms with Crippen LogP contribution in [0.15, 0.2) is 47.4 Å². The molecule has 0 spiro atoms. The first-order valence-corrected chi connectivity index (χ1v) is 8.90. The van der Waals surface area contributed by atoms with Gasteiger partial charge in [-0.1, -0.05) is 23.7 Å². The lowest BCUT2D eigenvalue weighted by Crippen LogP contribution is -2.27. The molecule has 0 radical (unpaired) electrons. The van der Waals surface area contributed by atoms with Crippen molar-refractivity contribution in [1.29, 1.82) is 0 Å². The zero-order valence-corrected chi connectivity index (χ0v) is 15.6. The van der Waals surface area contributed by atoms with E-state index in [4.69, 9.17) is 16.3 Å². The molecule has 27 heavy (non-hydrogen) atoms. The largest absolute Gasteiger partial charge is 0.496 e. The van der Waals surface area contributed by atoms with Gasteiger partial charge in [0.05, 0.1) is 23.5 Å². The fraction of sp³-hybridized carbons (Fsp3) is 0.111. The molecule has 2 aromatic rings. The maximum absolute atomic E-state index is 12.6. The number of nitro benzene ring substituents is 1. The normalized spacial score (nSPS) is 15.5. The molecule has 7 nitrogen and oxygen atoms in total. The van der Waals surface area contributed by atoms with Crippen molar-refractivity contribution in [3.8, 4) is 5.75 Å². The summed E-state index contributed by atoms with van der Waals surface area (Å²) in [4.78, 5) is 36.5. The summed E-state index contributed by atoms with van der Waals surface area (Å²) < 4.78 is 5.24. The highest BCUT2D eigenvalue weighted by atomic mass is 35.5. The van der Waals surface area contributed by atoms with Crippen molar-refractivity contribution in [2.45, 2.75) is 6.54 Å². The van der Waals surface area contributed by atoms with E-state index in [1.807, 2.05) is 0 Å². The van der Waals surface area contributed by atoms with Crippen LogP contribution in [0.4, 0.5) is 10.5 Å². The molecule has 0 N–H and O–H groups in total. The van der Waals surface area contributed by atoms with Crippen LogP contribution >= 0.6 is 23.4 Å². The standard InChI is InChI=1S/C18H13ClN2O5S/c1-26-15-6-5-13(19)8-12(15)9-16-17(22)20(18(23)27-16)10-11-3-2-4-14(7-11)21(24)25/h2-9H,10H2,1H3/b16-9-. The molecular weight excluding hydrogens is 392 g/mol. The second-order valence-corrected chi connectivity index (χ2v) is 7.01. The lowest BCUT2D eigenvalue weighted by Gasteiger charge is -2.12. The van der Waals surface area contributed by atoms with Crippen molar-refractivity contribution in [2.24, 2.45) is 0 Å². The monoisotopic (exact) mass is 404 g/mol. The quantitative estimate of drug-likeness (QED) is 0.414. The van der Waals surface area contributed by atoms with Gasteiger partial charge < -0.3 is 4.74 Å². The van der Waals surface area contributed by atoms with Gasteiger partial charge >= 0.3 is 0 Å². The van der Waals surface area contributed by atoms with Gasteiger partial charge in [0.15, 0.2) is 0 Å². The first-order chi connectivity index (χ1) is 12.9. The van der Waals surface area contributed by atoms with E-state index in [0.29, 0.717) is 21.9 Å². The van der Waals surface area contributed by atoms with E-state index in [2.05, 4.69) is 0 Å². The van der Waals surface area contributed by atoms with Crippen LogP contribution in [-0.4, -0.2) is 28.1 Å². The molecule has 0 unspecified atom stereocenters. The van der Waals surface area contributed by atoms with Gasteiger partial charge in [0.2, 0.25) is 0 Å². The molecule has 1 saturated heterocycles. The number of nitro groups is 1. The summed E-state index contributed by atoms with van der Waals surface area (Å²) in [6.45, 7) is -0.0453. The van der Waals surface area contributed by atoms with Crippen molar-refractivity contribution in [3.63, 3.8) is 0 Å². The van der Waals surface area contributed by atoms with Gasteiger partial charge in [-0.2, -0.15) is 0 Å². The fourth-order valence-corrected chi connectivity index (χ4v) is 3.56. The number of ether oxygens (including phenoxy) is 1. The number of nitrogens with zero attached hydrogens (tertiary/aromatic N) is 2. The van der Waals surface area contributed by atoms with Crippen LogP contribution < -0.4 is 4.74 Å². The van der Waals surface area contributed by atoms with E-state index in [-0.39, 0.29) is 17.1 Å². The number of hydrogen-bond donors (Lipinski definition) is 0. The molecule has 138 valence electrons. The van der Waals surface area contributed by atoms with Crippen LogP contribution in [0.1, 0.15) is 11.1 Å². The number of rotatable bonds is 5. The van der Waals surface area contributed by atoms with E-state index in [0.717, 1.165) is 16.7 Å². The van der Waals surface area contributed by atoms with Gasteiger partial charge in [0, 0.05) is 22.7 Å². The number of carbonyl (C=O) groups excluding carboxylic acids is 2. The Labute approximate surface area is 163 Å². The Bertz CT molecular complexity index is 976. The smallest absolute Gasteiger partial charge is 0.293 e. The number of amides is 2. The first kappa shape index (κ1) is 18.9. The Balaban J connectivity index is 1.86. The Morgan fingerprint density at radius 3 is 2.74 bits per heavy atom. The minimum Gasteiger partial charge on any atom is -0.496 e. The lowest BCUT2D eigenvalue weighted by molar-refractivity contribution is -0.384. The van der Waals surface area contributed by atoms with Crippen molar-refractivity contribution in [2.75, 3.05) is 7.11 Å². The number of imide groups is 1. The molecule has 2 aromatic carbocycles. The molecule has 1 fully saturated rings. The topological polar surface area (TPSA) is 89.8 Å². The second-order valence-electron chi connectivity index (χ2n) is 5.58. The molecule has 1 heterocycles. The summed E-state index contributed by atoms with van der Waals surface area (Å²) in [5.41, 5.74) is 0.970. The number of carbonyl (C=O) groups is 2. The SMILES string of the molecule is COc1ccc(Cl)cc1/C=C1\SC(=O)N(Cc2cccc([N+](=O)[O-])c2)C1=O. The third kappa shape index (κ3) is 4.12. The molecule has 0 aromatic heterocycles. The molecule has 1 aliphatic heterocycles. The molecule has 0 atom stereocenters. The van der Waals surface area contributed by atoms with Crippen LogP contribution in [0, 0.1) is 10.1 Å². The third-order valence-corrected chi connectivity index (χ3v) is 4.96. The van der Waals surface area contributed by atoms with E-state index in [1.165, 1.54) is 25.3 Å². The number of methoxy groups -OCH3 is 1. The van der Waals surface area contributed by atoms with Crippen LogP contribution in [-0.2, 0) is 11.3 Å². The van der Waals surface area contributed by atoms with Crippen LogP contribution in [0.5, 0.6) is 5.75 Å². The van der Waals surface area contributed by atoms with Crippen molar-refractivity contribution in [3.05, 3.63) is 73.6 Å². The average molecular weight is 405 g/mol. The summed E-state index contributed by atoms with van der Waals surface area (Å²) in [5.74, 6) is 0.0448. The maximum Gasteiger partial charge on any atom is 0.293 e. The zero-order chi connectivity index (χ0) is 19.6. The zero-order valence-electron chi connectivity index (χ0n) is 14.0. The minimum absolute atomic E-state index is 0.0453. The molecule has 1 aliphatic rings. The van der Waals surface area contributed by atoms with Crippen molar-refractivity contribution in [1.82, 2.24) is 4.90 Å². The van der Waals surface area contributed by atoms with Crippen LogP contribution in [0.2, 0.25) is 5.02 Å².